The fraction of sp³-hybridized carbons (Fsp3) is 0.250. The van der Waals surface area contributed by atoms with Gasteiger partial charge in [-0.15, -0.1) is 0 Å². The van der Waals surface area contributed by atoms with E-state index in [4.69, 9.17) is 4.98 Å². The molecule has 6 nitrogen and oxygen atoms in total. The van der Waals surface area contributed by atoms with E-state index < -0.39 is 0 Å². The van der Waals surface area contributed by atoms with E-state index in [2.05, 4.69) is 10.1 Å². The third-order valence-electron chi connectivity index (χ3n) is 5.92. The highest BCUT2D eigenvalue weighted by atomic mass is 16.2. The van der Waals surface area contributed by atoms with Crippen LogP contribution in [-0.2, 0) is 0 Å². The number of hydrogen-bond acceptors (Lipinski definition) is 4. The molecule has 0 radical (unpaired) electrons. The summed E-state index contributed by atoms with van der Waals surface area (Å²) in [4.78, 5) is 24.1. The Morgan fingerprint density at radius 1 is 1.13 bits per heavy atom. The third kappa shape index (κ3) is 3.34. The molecular weight excluding hydrogens is 374 g/mol. The molecule has 0 aliphatic heterocycles. The van der Waals surface area contributed by atoms with Crippen LogP contribution in [0.4, 0.5) is 0 Å². The molecule has 1 unspecified atom stereocenters. The van der Waals surface area contributed by atoms with Crippen molar-refractivity contribution in [2.45, 2.75) is 31.7 Å². The quantitative estimate of drug-likeness (QED) is 0.496. The van der Waals surface area contributed by atoms with E-state index in [1.165, 1.54) is 6.33 Å². The number of rotatable bonds is 5. The first-order valence-electron chi connectivity index (χ1n) is 10.2. The molecule has 2 heterocycles. The molecule has 2 aromatic carbocycles. The minimum atomic E-state index is -0.0707. The Morgan fingerprint density at radius 2 is 1.90 bits per heavy atom. The van der Waals surface area contributed by atoms with Crippen molar-refractivity contribution in [3.8, 4) is 5.69 Å². The number of carbonyl (C=O) groups excluding carboxylic acids is 1. The number of amides is 1. The largest absolute Gasteiger partial charge is 0.335 e. The average Bonchev–Trinajstić information content (AvgIpc) is 3.51. The second-order valence-electron chi connectivity index (χ2n) is 7.91. The maximum atomic E-state index is 13.5. The summed E-state index contributed by atoms with van der Waals surface area (Å²) >= 11 is 0. The first-order chi connectivity index (χ1) is 14.6. The van der Waals surface area contributed by atoms with Crippen LogP contribution >= 0.6 is 0 Å². The fourth-order valence-corrected chi connectivity index (χ4v) is 3.80. The minimum absolute atomic E-state index is 0.0170. The molecular formula is C24H23N5O. The van der Waals surface area contributed by atoms with Gasteiger partial charge < -0.3 is 4.90 Å². The lowest BCUT2D eigenvalue weighted by atomic mass is 10.0. The molecule has 0 bridgehead atoms. The van der Waals surface area contributed by atoms with Gasteiger partial charge in [-0.3, -0.25) is 9.78 Å². The van der Waals surface area contributed by atoms with E-state index in [0.29, 0.717) is 5.92 Å². The molecule has 2 aromatic heterocycles. The van der Waals surface area contributed by atoms with Gasteiger partial charge in [0.2, 0.25) is 0 Å². The molecule has 30 heavy (non-hydrogen) atoms. The summed E-state index contributed by atoms with van der Waals surface area (Å²) in [6.45, 7) is 2.05. The summed E-state index contributed by atoms with van der Waals surface area (Å²) in [5.41, 5.74) is 4.66. The highest BCUT2D eigenvalue weighted by molar-refractivity contribution is 6.06. The standard InChI is InChI=1S/C24H23N5O/c1-16(17-9-11-19(12-10-17)29-15-25-14-26-29)28(2)24(30)21-13-23(18-7-8-18)27-22-6-4-3-5-20(21)22/h3-6,9-16,18H,7-8H2,1-2H3. The predicted molar refractivity (Wildman–Crippen MR) is 116 cm³/mol. The van der Waals surface area contributed by atoms with Crippen LogP contribution < -0.4 is 0 Å². The average molecular weight is 397 g/mol. The number of fused-ring (bicyclic) bond motifs is 1. The Hall–Kier alpha value is -3.54. The number of hydrogen-bond donors (Lipinski definition) is 0. The lowest BCUT2D eigenvalue weighted by Gasteiger charge is -2.26. The van der Waals surface area contributed by atoms with E-state index >= 15 is 0 Å². The summed E-state index contributed by atoms with van der Waals surface area (Å²) in [6.07, 6.45) is 5.49. The SMILES string of the molecule is CC(c1ccc(-n2cncn2)cc1)N(C)C(=O)c1cc(C2CC2)nc2ccccc12. The lowest BCUT2D eigenvalue weighted by molar-refractivity contribution is 0.0744. The maximum absolute atomic E-state index is 13.5. The zero-order valence-corrected chi connectivity index (χ0v) is 17.1. The molecule has 4 aromatic rings. The Morgan fingerprint density at radius 3 is 2.60 bits per heavy atom. The van der Waals surface area contributed by atoms with Gasteiger partial charge in [-0.25, -0.2) is 9.67 Å². The molecule has 150 valence electrons. The second kappa shape index (κ2) is 7.37. The number of aromatic nitrogens is 4. The van der Waals surface area contributed by atoms with Crippen molar-refractivity contribution < 1.29 is 4.79 Å². The molecule has 1 aliphatic carbocycles. The van der Waals surface area contributed by atoms with E-state index in [0.717, 1.165) is 46.3 Å². The van der Waals surface area contributed by atoms with E-state index in [1.807, 2.05) is 73.5 Å². The molecule has 1 amide bonds. The van der Waals surface area contributed by atoms with Crippen LogP contribution in [0.3, 0.4) is 0 Å². The molecule has 0 saturated heterocycles. The van der Waals surface area contributed by atoms with Gasteiger partial charge >= 0.3 is 0 Å². The van der Waals surface area contributed by atoms with Crippen LogP contribution in [-0.4, -0.2) is 37.6 Å². The highest BCUT2D eigenvalue weighted by Gasteiger charge is 2.28. The zero-order chi connectivity index (χ0) is 20.7. The minimum Gasteiger partial charge on any atom is -0.335 e. The van der Waals surface area contributed by atoms with Gasteiger partial charge in [0, 0.05) is 24.0 Å². The Kier molecular flexibility index (Phi) is 4.54. The van der Waals surface area contributed by atoms with Crippen molar-refractivity contribution >= 4 is 16.8 Å². The molecule has 1 aliphatic rings. The molecule has 1 saturated carbocycles. The van der Waals surface area contributed by atoms with Gasteiger partial charge in [0.15, 0.2) is 0 Å². The summed E-state index contributed by atoms with van der Waals surface area (Å²) in [5, 5.41) is 5.07. The van der Waals surface area contributed by atoms with Gasteiger partial charge in [0.05, 0.1) is 22.8 Å². The summed E-state index contributed by atoms with van der Waals surface area (Å²) in [5.74, 6) is 0.511. The van der Waals surface area contributed by atoms with Gasteiger partial charge in [-0.1, -0.05) is 30.3 Å². The fourth-order valence-electron chi connectivity index (χ4n) is 3.80. The summed E-state index contributed by atoms with van der Waals surface area (Å²) < 4.78 is 1.71. The van der Waals surface area contributed by atoms with Gasteiger partial charge in [0.25, 0.3) is 5.91 Å². The molecule has 1 atom stereocenters. The van der Waals surface area contributed by atoms with Crippen molar-refractivity contribution in [1.29, 1.82) is 0 Å². The van der Waals surface area contributed by atoms with Crippen LogP contribution in [0, 0.1) is 0 Å². The monoisotopic (exact) mass is 397 g/mol. The summed E-state index contributed by atoms with van der Waals surface area (Å²) in [6, 6.07) is 17.9. The van der Waals surface area contributed by atoms with Crippen molar-refractivity contribution in [2.75, 3.05) is 7.05 Å². The van der Waals surface area contributed by atoms with Gasteiger partial charge in [-0.2, -0.15) is 5.10 Å². The number of nitrogens with zero attached hydrogens (tertiary/aromatic N) is 5. The molecule has 5 rings (SSSR count). The molecule has 0 N–H and O–H groups in total. The molecule has 1 fully saturated rings. The van der Waals surface area contributed by atoms with Crippen molar-refractivity contribution in [3.63, 3.8) is 0 Å². The van der Waals surface area contributed by atoms with Crippen molar-refractivity contribution in [2.24, 2.45) is 0 Å². The third-order valence-corrected chi connectivity index (χ3v) is 5.92. The van der Waals surface area contributed by atoms with Crippen LogP contribution in [0.5, 0.6) is 0 Å². The Balaban J connectivity index is 1.44. The Labute approximate surface area is 175 Å². The number of para-hydroxylation sites is 1. The second-order valence-corrected chi connectivity index (χ2v) is 7.91. The van der Waals surface area contributed by atoms with Crippen LogP contribution in [0.25, 0.3) is 16.6 Å². The van der Waals surface area contributed by atoms with Crippen molar-refractivity contribution in [3.05, 3.63) is 84.1 Å². The Bertz CT molecular complexity index is 1200. The van der Waals surface area contributed by atoms with Crippen LogP contribution in [0.1, 0.15) is 53.3 Å². The number of carbonyl (C=O) groups is 1. The van der Waals surface area contributed by atoms with E-state index in [9.17, 15) is 4.79 Å². The van der Waals surface area contributed by atoms with E-state index in [1.54, 1.807) is 11.0 Å². The first kappa shape index (κ1) is 18.5. The highest BCUT2D eigenvalue weighted by Crippen LogP contribution is 2.40. The van der Waals surface area contributed by atoms with E-state index in [-0.39, 0.29) is 11.9 Å². The van der Waals surface area contributed by atoms with Crippen LogP contribution in [0.15, 0.2) is 67.3 Å². The van der Waals surface area contributed by atoms with Crippen LogP contribution in [0.2, 0.25) is 0 Å². The predicted octanol–water partition coefficient (Wildman–Crippen LogP) is 4.53. The number of benzene rings is 2. The summed E-state index contributed by atoms with van der Waals surface area (Å²) in [7, 11) is 1.87. The topological polar surface area (TPSA) is 63.9 Å². The normalized spacial score (nSPS) is 14.6. The van der Waals surface area contributed by atoms with Gasteiger partial charge in [-0.05, 0) is 49.6 Å². The molecule has 0 spiro atoms. The van der Waals surface area contributed by atoms with Gasteiger partial charge in [0.1, 0.15) is 12.7 Å². The molecule has 6 heteroatoms. The maximum Gasteiger partial charge on any atom is 0.254 e. The lowest BCUT2D eigenvalue weighted by Crippen LogP contribution is -2.30. The first-order valence-corrected chi connectivity index (χ1v) is 10.2. The zero-order valence-electron chi connectivity index (χ0n) is 17.1. The van der Waals surface area contributed by atoms with Crippen molar-refractivity contribution in [1.82, 2.24) is 24.6 Å². The smallest absolute Gasteiger partial charge is 0.254 e. The number of pyridine rings is 1.